The molecule has 31 heavy (non-hydrogen) atoms. The van der Waals surface area contributed by atoms with E-state index in [-0.39, 0.29) is 5.82 Å². The Morgan fingerprint density at radius 3 is 2.61 bits per heavy atom. The summed E-state index contributed by atoms with van der Waals surface area (Å²) in [5, 5.41) is 1.18. The number of hydrogen-bond donors (Lipinski definition) is 1. The third-order valence-corrected chi connectivity index (χ3v) is 6.52. The monoisotopic (exact) mass is 414 g/mol. The highest BCUT2D eigenvalue weighted by Crippen LogP contribution is 2.35. The van der Waals surface area contributed by atoms with Gasteiger partial charge in [-0.15, -0.1) is 0 Å². The van der Waals surface area contributed by atoms with Gasteiger partial charge in [0.15, 0.2) is 5.82 Å². The molecule has 2 N–H and O–H groups in total. The molecule has 158 valence electrons. The summed E-state index contributed by atoms with van der Waals surface area (Å²) in [5.74, 6) is 0.764. The Labute approximate surface area is 182 Å². The van der Waals surface area contributed by atoms with Crippen LogP contribution in [0.4, 0.5) is 10.2 Å². The molecule has 0 fully saturated rings. The molecule has 2 aromatic heterocycles. The van der Waals surface area contributed by atoms with Gasteiger partial charge in [-0.2, -0.15) is 0 Å². The first kappa shape index (κ1) is 19.8. The summed E-state index contributed by atoms with van der Waals surface area (Å²) in [5.41, 5.74) is 14.1. The topological polar surface area (TPSA) is 47.1 Å². The van der Waals surface area contributed by atoms with Crippen LogP contribution in [0.25, 0.3) is 10.9 Å². The molecule has 4 nitrogen and oxygen atoms in total. The van der Waals surface area contributed by atoms with Crippen molar-refractivity contribution >= 4 is 16.7 Å². The molecule has 0 aliphatic carbocycles. The molecule has 0 saturated carbocycles. The van der Waals surface area contributed by atoms with E-state index >= 15 is 0 Å². The van der Waals surface area contributed by atoms with Gasteiger partial charge in [0.2, 0.25) is 0 Å². The Hall–Kier alpha value is -3.18. The molecular formula is C26H27FN4. The van der Waals surface area contributed by atoms with Crippen LogP contribution in [0.5, 0.6) is 0 Å². The Morgan fingerprint density at radius 1 is 1.03 bits per heavy atom. The van der Waals surface area contributed by atoms with Crippen LogP contribution in [0.3, 0.4) is 0 Å². The average Bonchev–Trinajstić information content (AvgIpc) is 3.03. The van der Waals surface area contributed by atoms with Crippen molar-refractivity contribution in [2.45, 2.75) is 39.9 Å². The number of nitrogens with two attached hydrogens (primary N) is 1. The number of hydrogen-bond acceptors (Lipinski definition) is 3. The molecule has 5 heteroatoms. The van der Waals surface area contributed by atoms with E-state index in [1.165, 1.54) is 33.8 Å². The van der Waals surface area contributed by atoms with Gasteiger partial charge in [0.25, 0.3) is 0 Å². The first-order valence-corrected chi connectivity index (χ1v) is 10.8. The molecule has 0 atom stereocenters. The zero-order valence-corrected chi connectivity index (χ0v) is 18.0. The van der Waals surface area contributed by atoms with E-state index in [1.54, 1.807) is 12.1 Å². The number of anilines is 1. The average molecular weight is 415 g/mol. The van der Waals surface area contributed by atoms with Crippen LogP contribution in [-0.2, 0) is 26.1 Å². The minimum Gasteiger partial charge on any atom is -0.350 e. The SMILES string of the molecule is Cc1c(C)n(Cc2cccc(F)c2)c2c(N3CCc4ccccc4C3)nc(CN)cc12. The maximum absolute atomic E-state index is 13.9. The molecule has 0 saturated heterocycles. The highest BCUT2D eigenvalue weighted by molar-refractivity contribution is 5.94. The Balaban J connectivity index is 1.67. The Bertz CT molecular complexity index is 1270. The van der Waals surface area contributed by atoms with Gasteiger partial charge in [0.1, 0.15) is 5.82 Å². The zero-order chi connectivity index (χ0) is 21.5. The van der Waals surface area contributed by atoms with Crippen LogP contribution in [0, 0.1) is 19.7 Å². The standard InChI is InChI=1S/C26H27FN4/c1-17-18(2)31(15-19-6-5-9-22(27)12-19)25-24(17)13-23(14-28)29-26(25)30-11-10-20-7-3-4-8-21(20)16-30/h3-9,12-13H,10-11,14-16,28H2,1-2H3. The van der Waals surface area contributed by atoms with E-state index in [9.17, 15) is 4.39 Å². The Kier molecular flexibility index (Phi) is 4.98. The maximum Gasteiger partial charge on any atom is 0.153 e. The van der Waals surface area contributed by atoms with E-state index in [0.717, 1.165) is 42.1 Å². The van der Waals surface area contributed by atoms with E-state index in [2.05, 4.69) is 53.6 Å². The van der Waals surface area contributed by atoms with Crippen molar-refractivity contribution in [1.29, 1.82) is 0 Å². The summed E-state index contributed by atoms with van der Waals surface area (Å²) < 4.78 is 16.1. The highest BCUT2D eigenvalue weighted by atomic mass is 19.1. The van der Waals surface area contributed by atoms with Crippen molar-refractivity contribution < 1.29 is 4.39 Å². The first-order chi connectivity index (χ1) is 15.0. The number of nitrogens with zero attached hydrogens (tertiary/aromatic N) is 3. The zero-order valence-electron chi connectivity index (χ0n) is 18.0. The lowest BCUT2D eigenvalue weighted by atomic mass is 10.00. The summed E-state index contributed by atoms with van der Waals surface area (Å²) >= 11 is 0. The predicted molar refractivity (Wildman–Crippen MR) is 124 cm³/mol. The van der Waals surface area contributed by atoms with Gasteiger partial charge >= 0.3 is 0 Å². The number of fused-ring (bicyclic) bond motifs is 2. The van der Waals surface area contributed by atoms with Crippen LogP contribution in [0.2, 0.25) is 0 Å². The third-order valence-electron chi connectivity index (χ3n) is 6.52. The fourth-order valence-corrected chi connectivity index (χ4v) is 4.71. The van der Waals surface area contributed by atoms with Crippen LogP contribution < -0.4 is 10.6 Å². The molecule has 4 aromatic rings. The summed E-state index contributed by atoms with van der Waals surface area (Å²) in [6.07, 6.45) is 0.995. The number of halogens is 1. The van der Waals surface area contributed by atoms with Crippen LogP contribution in [0.15, 0.2) is 54.6 Å². The molecule has 1 aliphatic rings. The van der Waals surface area contributed by atoms with Crippen molar-refractivity contribution in [3.63, 3.8) is 0 Å². The number of aryl methyl sites for hydroxylation is 1. The van der Waals surface area contributed by atoms with Gasteiger partial charge in [-0.25, -0.2) is 9.37 Å². The maximum atomic E-state index is 13.9. The lowest BCUT2D eigenvalue weighted by molar-refractivity contribution is 0.623. The van der Waals surface area contributed by atoms with Gasteiger partial charge in [0, 0.05) is 37.3 Å². The number of aromatic nitrogens is 2. The quantitative estimate of drug-likeness (QED) is 0.519. The Morgan fingerprint density at radius 2 is 1.84 bits per heavy atom. The van der Waals surface area contributed by atoms with Gasteiger partial charge in [0.05, 0.1) is 11.2 Å². The second kappa shape index (κ2) is 7.82. The molecule has 0 radical (unpaired) electrons. The molecule has 0 unspecified atom stereocenters. The van der Waals surface area contributed by atoms with Gasteiger partial charge in [-0.1, -0.05) is 36.4 Å². The lowest BCUT2D eigenvalue weighted by Crippen LogP contribution is -2.31. The summed E-state index contributed by atoms with van der Waals surface area (Å²) in [4.78, 5) is 7.36. The normalized spacial score (nSPS) is 13.6. The number of pyridine rings is 1. The minimum absolute atomic E-state index is 0.209. The number of benzene rings is 2. The number of rotatable bonds is 4. The van der Waals surface area contributed by atoms with Gasteiger partial charge in [-0.3, -0.25) is 0 Å². The van der Waals surface area contributed by atoms with Gasteiger partial charge in [-0.05, 0) is 60.7 Å². The molecule has 1 aliphatic heterocycles. The van der Waals surface area contributed by atoms with Crippen molar-refractivity contribution in [3.8, 4) is 0 Å². The molecule has 0 spiro atoms. The molecule has 3 heterocycles. The summed E-state index contributed by atoms with van der Waals surface area (Å²) in [7, 11) is 0. The lowest BCUT2D eigenvalue weighted by Gasteiger charge is -2.31. The summed E-state index contributed by atoms with van der Waals surface area (Å²) in [6, 6.07) is 17.6. The second-order valence-corrected chi connectivity index (χ2v) is 8.40. The first-order valence-electron chi connectivity index (χ1n) is 10.8. The van der Waals surface area contributed by atoms with Crippen molar-refractivity contribution in [2.75, 3.05) is 11.4 Å². The minimum atomic E-state index is -0.209. The van der Waals surface area contributed by atoms with Gasteiger partial charge < -0.3 is 15.2 Å². The van der Waals surface area contributed by atoms with E-state index in [1.807, 2.05) is 6.07 Å². The molecule has 0 bridgehead atoms. The van der Waals surface area contributed by atoms with Crippen LogP contribution in [-0.4, -0.2) is 16.1 Å². The van der Waals surface area contributed by atoms with Crippen molar-refractivity contribution in [1.82, 2.24) is 9.55 Å². The molecule has 5 rings (SSSR count). The fourth-order valence-electron chi connectivity index (χ4n) is 4.71. The van der Waals surface area contributed by atoms with Crippen LogP contribution >= 0.6 is 0 Å². The van der Waals surface area contributed by atoms with E-state index in [0.29, 0.717) is 13.1 Å². The third kappa shape index (κ3) is 3.49. The molecular weight excluding hydrogens is 387 g/mol. The van der Waals surface area contributed by atoms with E-state index in [4.69, 9.17) is 10.7 Å². The predicted octanol–water partition coefficient (Wildman–Crippen LogP) is 4.86. The molecule has 0 amide bonds. The molecule has 2 aromatic carbocycles. The largest absolute Gasteiger partial charge is 0.350 e. The van der Waals surface area contributed by atoms with Crippen molar-refractivity contribution in [2.24, 2.45) is 5.73 Å². The smallest absolute Gasteiger partial charge is 0.153 e. The second-order valence-electron chi connectivity index (χ2n) is 8.40. The fraction of sp³-hybridized carbons (Fsp3) is 0.269. The highest BCUT2D eigenvalue weighted by Gasteiger charge is 2.24. The van der Waals surface area contributed by atoms with E-state index < -0.39 is 0 Å². The summed E-state index contributed by atoms with van der Waals surface area (Å²) in [6.45, 7) is 7.03. The van der Waals surface area contributed by atoms with Crippen LogP contribution in [0.1, 0.15) is 33.6 Å². The van der Waals surface area contributed by atoms with Crippen molar-refractivity contribution in [3.05, 3.63) is 94.1 Å².